The molecule has 192 valence electrons. The molecule has 0 spiro atoms. The van der Waals surface area contributed by atoms with E-state index in [2.05, 4.69) is 28.1 Å². The maximum absolute atomic E-state index is 13.6. The van der Waals surface area contributed by atoms with Crippen molar-refractivity contribution in [1.29, 1.82) is 0 Å². The zero-order chi connectivity index (χ0) is 25.3. The molecule has 2 aromatic carbocycles. The summed E-state index contributed by atoms with van der Waals surface area (Å²) in [6, 6.07) is 13.7. The van der Waals surface area contributed by atoms with Crippen LogP contribution in [-0.4, -0.2) is 52.5 Å². The van der Waals surface area contributed by atoms with Crippen molar-refractivity contribution < 1.29 is 23.8 Å². The highest BCUT2D eigenvalue weighted by atomic mass is 35.5. The molecule has 1 aliphatic heterocycles. The van der Waals surface area contributed by atoms with Crippen molar-refractivity contribution in [3.8, 4) is 5.75 Å². The van der Waals surface area contributed by atoms with Gasteiger partial charge in [0.2, 0.25) is 5.91 Å². The molecule has 3 aliphatic carbocycles. The first-order valence-electron chi connectivity index (χ1n) is 12.1. The minimum atomic E-state index is -0.791. The summed E-state index contributed by atoms with van der Waals surface area (Å²) in [5.74, 6) is -0.172. The Morgan fingerprint density at radius 1 is 1.14 bits per heavy atom. The number of aliphatic hydroxyl groups excluding tert-OH is 1. The van der Waals surface area contributed by atoms with E-state index in [0.29, 0.717) is 37.9 Å². The third-order valence-electron chi connectivity index (χ3n) is 7.56. The number of carbonyl (C=O) groups excluding carboxylic acids is 2. The quantitative estimate of drug-likeness (QED) is 0.436. The molecule has 36 heavy (non-hydrogen) atoms. The lowest BCUT2D eigenvalue weighted by molar-refractivity contribution is -0.136. The minimum absolute atomic E-state index is 0.0210. The first-order valence-corrected chi connectivity index (χ1v) is 13.5. The lowest BCUT2D eigenvalue weighted by Crippen LogP contribution is -2.71. The molecule has 7 nitrogen and oxygen atoms in total. The van der Waals surface area contributed by atoms with Gasteiger partial charge >= 0.3 is 0 Å². The number of halogens is 2. The lowest BCUT2D eigenvalue weighted by atomic mass is 9.60. The monoisotopic (exact) mass is 533 g/mol. The van der Waals surface area contributed by atoms with E-state index in [4.69, 9.17) is 16.3 Å². The van der Waals surface area contributed by atoms with Crippen LogP contribution in [0, 0.1) is 5.82 Å². The van der Waals surface area contributed by atoms with Gasteiger partial charge in [-0.1, -0.05) is 41.9 Å². The van der Waals surface area contributed by atoms with Crippen LogP contribution in [0.15, 0.2) is 48.5 Å². The Morgan fingerprint density at radius 2 is 1.89 bits per heavy atom. The Balaban J connectivity index is 1.13. The van der Waals surface area contributed by atoms with Crippen molar-refractivity contribution in [2.24, 2.45) is 0 Å². The van der Waals surface area contributed by atoms with Crippen molar-refractivity contribution in [3.63, 3.8) is 0 Å². The molecule has 2 amide bonds. The lowest BCUT2D eigenvalue weighted by Gasteiger charge is -2.56. The summed E-state index contributed by atoms with van der Waals surface area (Å²) in [6.45, 7) is -0.301. The molecule has 1 saturated heterocycles. The molecule has 6 rings (SSSR count). The maximum Gasteiger partial charge on any atom is 0.258 e. The molecule has 1 heterocycles. The molecule has 2 aromatic rings. The van der Waals surface area contributed by atoms with Crippen LogP contribution < -0.4 is 20.7 Å². The second-order valence-corrected chi connectivity index (χ2v) is 11.4. The van der Waals surface area contributed by atoms with Gasteiger partial charge in [-0.15, -0.1) is 11.8 Å². The number of aliphatic hydroxyl groups is 1. The van der Waals surface area contributed by atoms with Crippen molar-refractivity contribution in [3.05, 3.63) is 64.9 Å². The molecule has 4 aliphatic rings. The number of hydrogen-bond acceptors (Lipinski definition) is 6. The summed E-state index contributed by atoms with van der Waals surface area (Å²) >= 11 is 7.39. The number of nitrogens with one attached hydrogen (secondary N) is 3. The molecule has 3 saturated carbocycles. The minimum Gasteiger partial charge on any atom is -0.484 e. The average molecular weight is 534 g/mol. The number of rotatable bonds is 7. The summed E-state index contributed by atoms with van der Waals surface area (Å²) in [5, 5.41) is 20.7. The molecule has 3 atom stereocenters. The maximum atomic E-state index is 13.6. The van der Waals surface area contributed by atoms with Gasteiger partial charge in [0.25, 0.3) is 5.91 Å². The van der Waals surface area contributed by atoms with E-state index in [0.717, 1.165) is 11.6 Å². The van der Waals surface area contributed by atoms with Crippen LogP contribution in [0.4, 0.5) is 4.39 Å². The third-order valence-corrected chi connectivity index (χ3v) is 9.13. The van der Waals surface area contributed by atoms with Gasteiger partial charge in [0, 0.05) is 17.4 Å². The number of carbonyl (C=O) groups is 2. The Bertz CT molecular complexity index is 1130. The highest BCUT2D eigenvalue weighted by Crippen LogP contribution is 2.47. The van der Waals surface area contributed by atoms with E-state index >= 15 is 0 Å². The molecule has 4 fully saturated rings. The van der Waals surface area contributed by atoms with Crippen molar-refractivity contribution in [2.45, 2.75) is 60.7 Å². The van der Waals surface area contributed by atoms with E-state index in [9.17, 15) is 19.1 Å². The smallest absolute Gasteiger partial charge is 0.258 e. The molecule has 10 heteroatoms. The van der Waals surface area contributed by atoms with E-state index in [1.807, 2.05) is 18.2 Å². The fourth-order valence-corrected chi connectivity index (χ4v) is 6.84. The Kier molecular flexibility index (Phi) is 7.18. The van der Waals surface area contributed by atoms with Gasteiger partial charge in [-0.05, 0) is 49.8 Å². The standard InChI is InChI=1S/C26H29ClFN3O4S/c27-18-7-6-17(12-19(18)28)35-14-22(33)30-26-10-8-25(9-11-26,13-21(26)32)31-23(34)20-15-36-24(29-20)16-4-2-1-3-5-16/h1-7,12,20-21,24,29,32H,8-11,13-15H2,(H,30,33)(H,31,34)/t20?,21-,24?,25?,26?/m0/s1. The SMILES string of the molecule is O=C(COc1ccc(Cl)c(F)c1)NC12CCC(NC(=O)C3CSC(c4ccccc4)N3)(CC1)C[C@@H]2O. The molecule has 0 radical (unpaired) electrons. The van der Waals surface area contributed by atoms with Crippen molar-refractivity contribution >= 4 is 35.2 Å². The van der Waals surface area contributed by atoms with Gasteiger partial charge in [0.1, 0.15) is 11.6 Å². The van der Waals surface area contributed by atoms with E-state index in [1.165, 1.54) is 12.1 Å². The fourth-order valence-electron chi connectivity index (χ4n) is 5.48. The van der Waals surface area contributed by atoms with E-state index < -0.39 is 23.0 Å². The van der Waals surface area contributed by atoms with E-state index in [-0.39, 0.29) is 40.6 Å². The first-order chi connectivity index (χ1) is 17.3. The number of thioether (sulfide) groups is 1. The topological polar surface area (TPSA) is 99.7 Å². The van der Waals surface area contributed by atoms with Crippen LogP contribution in [0.25, 0.3) is 0 Å². The molecule has 2 unspecified atom stereocenters. The number of benzene rings is 2. The van der Waals surface area contributed by atoms with Crippen molar-refractivity contribution in [2.75, 3.05) is 12.4 Å². The van der Waals surface area contributed by atoms with Gasteiger partial charge in [-0.3, -0.25) is 14.9 Å². The van der Waals surface area contributed by atoms with Crippen LogP contribution >= 0.6 is 23.4 Å². The predicted molar refractivity (Wildman–Crippen MR) is 136 cm³/mol. The van der Waals surface area contributed by atoms with Crippen molar-refractivity contribution in [1.82, 2.24) is 16.0 Å². The van der Waals surface area contributed by atoms with Gasteiger partial charge in [-0.2, -0.15) is 0 Å². The van der Waals surface area contributed by atoms with Gasteiger partial charge < -0.3 is 20.5 Å². The third kappa shape index (κ3) is 5.20. The normalized spacial score (nSPS) is 31.1. The highest BCUT2D eigenvalue weighted by molar-refractivity contribution is 7.99. The zero-order valence-corrected chi connectivity index (χ0v) is 21.2. The second kappa shape index (κ2) is 10.2. The summed E-state index contributed by atoms with van der Waals surface area (Å²) in [5.41, 5.74) is -0.0809. The number of hydrogen-bond donors (Lipinski definition) is 4. The Hall–Kier alpha value is -2.33. The summed E-state index contributed by atoms with van der Waals surface area (Å²) in [6.07, 6.45) is 2.03. The number of fused-ring (bicyclic) bond motifs is 3. The zero-order valence-electron chi connectivity index (χ0n) is 19.6. The molecular weight excluding hydrogens is 505 g/mol. The predicted octanol–water partition coefficient (Wildman–Crippen LogP) is 3.31. The highest BCUT2D eigenvalue weighted by Gasteiger charge is 2.55. The Morgan fingerprint density at radius 3 is 2.58 bits per heavy atom. The largest absolute Gasteiger partial charge is 0.484 e. The molecular formula is C26H29ClFN3O4S. The van der Waals surface area contributed by atoms with Crippen LogP contribution in [0.3, 0.4) is 0 Å². The molecule has 0 aromatic heterocycles. The summed E-state index contributed by atoms with van der Waals surface area (Å²) in [7, 11) is 0. The molecule has 2 bridgehead atoms. The summed E-state index contributed by atoms with van der Waals surface area (Å²) in [4.78, 5) is 25.7. The van der Waals surface area contributed by atoms with Crippen LogP contribution in [-0.2, 0) is 9.59 Å². The average Bonchev–Trinajstić information content (AvgIpc) is 3.37. The van der Waals surface area contributed by atoms with Crippen LogP contribution in [0.5, 0.6) is 5.75 Å². The number of amides is 2. The van der Waals surface area contributed by atoms with Gasteiger partial charge in [0.05, 0.1) is 28.1 Å². The van der Waals surface area contributed by atoms with Gasteiger partial charge in [0.15, 0.2) is 6.61 Å². The van der Waals surface area contributed by atoms with Crippen LogP contribution in [0.2, 0.25) is 5.02 Å². The summed E-state index contributed by atoms with van der Waals surface area (Å²) < 4.78 is 19.0. The van der Waals surface area contributed by atoms with Gasteiger partial charge in [-0.25, -0.2) is 4.39 Å². The van der Waals surface area contributed by atoms with E-state index in [1.54, 1.807) is 11.8 Å². The Labute approximate surface area is 218 Å². The number of ether oxygens (including phenoxy) is 1. The fraction of sp³-hybridized carbons (Fsp3) is 0.462. The second-order valence-electron chi connectivity index (χ2n) is 9.90. The van der Waals surface area contributed by atoms with Crippen LogP contribution in [0.1, 0.15) is 43.0 Å². The molecule has 4 N–H and O–H groups in total. The first kappa shape index (κ1) is 25.3.